The van der Waals surface area contributed by atoms with Crippen LogP contribution in [0.2, 0.25) is 0 Å². The van der Waals surface area contributed by atoms with Crippen LogP contribution in [0, 0.1) is 5.92 Å². The summed E-state index contributed by atoms with van der Waals surface area (Å²) in [6, 6.07) is 5.75. The van der Waals surface area contributed by atoms with E-state index in [1.54, 1.807) is 36.0 Å². The van der Waals surface area contributed by atoms with Gasteiger partial charge in [0.25, 0.3) is 11.8 Å². The molecule has 2 heterocycles. The molecule has 1 N–H and O–H groups in total. The number of hydrogen-bond acceptors (Lipinski definition) is 7. The van der Waals surface area contributed by atoms with Crippen molar-refractivity contribution >= 4 is 46.0 Å². The Balaban J connectivity index is 1.79. The third-order valence-electron chi connectivity index (χ3n) is 4.92. The quantitative estimate of drug-likeness (QED) is 0.278. The Hall–Kier alpha value is -2.26. The third kappa shape index (κ3) is 4.51. The number of aromatic nitrogens is 2. The van der Waals surface area contributed by atoms with Crippen LogP contribution in [0.15, 0.2) is 28.6 Å². The van der Waals surface area contributed by atoms with Crippen molar-refractivity contribution in [2.45, 2.75) is 50.4 Å². The number of nitrogens with one attached hydrogen (secondary N) is 1. The van der Waals surface area contributed by atoms with Gasteiger partial charge in [-0.05, 0) is 24.5 Å². The predicted molar refractivity (Wildman–Crippen MR) is 114 cm³/mol. The van der Waals surface area contributed by atoms with Gasteiger partial charge < -0.3 is 0 Å². The fraction of sp³-hybridized carbons (Fsp3) is 0.450. The first-order chi connectivity index (χ1) is 14.0. The lowest BCUT2D eigenvalue weighted by molar-refractivity contribution is -0.121. The molecule has 2 atom stereocenters. The highest BCUT2D eigenvalue weighted by Gasteiger charge is 2.44. The van der Waals surface area contributed by atoms with E-state index in [2.05, 4.69) is 22.4 Å². The molecule has 0 aliphatic carbocycles. The lowest BCUT2D eigenvalue weighted by Gasteiger charge is -2.29. The maximum Gasteiger partial charge on any atom is 0.262 e. The number of rotatable bonds is 9. The van der Waals surface area contributed by atoms with Gasteiger partial charge in [-0.25, -0.2) is 0 Å². The average molecular weight is 433 g/mol. The Morgan fingerprint density at radius 2 is 1.83 bits per heavy atom. The van der Waals surface area contributed by atoms with Crippen molar-refractivity contribution in [2.24, 2.45) is 5.92 Å². The van der Waals surface area contributed by atoms with Crippen LogP contribution >= 0.6 is 23.1 Å². The van der Waals surface area contributed by atoms with Crippen molar-refractivity contribution in [2.75, 3.05) is 11.1 Å². The van der Waals surface area contributed by atoms with Gasteiger partial charge in [0.1, 0.15) is 6.04 Å². The summed E-state index contributed by atoms with van der Waals surface area (Å²) in [5, 5.41) is 11.3. The van der Waals surface area contributed by atoms with Gasteiger partial charge in [-0.1, -0.05) is 68.8 Å². The smallest absolute Gasteiger partial charge is 0.262 e. The monoisotopic (exact) mass is 432 g/mol. The first-order valence-electron chi connectivity index (χ1n) is 9.72. The number of hydrogen-bond donors (Lipinski definition) is 1. The minimum absolute atomic E-state index is 0.205. The topological polar surface area (TPSA) is 92.3 Å². The molecule has 0 saturated carbocycles. The Labute approximate surface area is 178 Å². The molecular formula is C20H24N4O3S2. The maximum atomic E-state index is 13.1. The van der Waals surface area contributed by atoms with Crippen molar-refractivity contribution in [3.05, 3.63) is 35.4 Å². The molecule has 7 nitrogen and oxygen atoms in total. The normalized spacial score (nSPS) is 15.3. The number of nitrogens with zero attached hydrogens (tertiary/aromatic N) is 3. The molecule has 1 aromatic carbocycles. The molecular weight excluding hydrogens is 408 g/mol. The lowest BCUT2D eigenvalue weighted by atomic mass is 9.96. The zero-order valence-corrected chi connectivity index (χ0v) is 18.3. The molecule has 3 amide bonds. The molecule has 3 rings (SSSR count). The minimum atomic E-state index is -0.910. The molecule has 29 heavy (non-hydrogen) atoms. The molecule has 2 aromatic rings. The predicted octanol–water partition coefficient (Wildman–Crippen LogP) is 4.08. The molecule has 1 aliphatic rings. The van der Waals surface area contributed by atoms with E-state index >= 15 is 0 Å². The SMILES string of the molecule is CCCCSc1nnc(NC(=O)C(C(C)CC)N2C(=O)c3ccccc3C2=O)s1. The van der Waals surface area contributed by atoms with Crippen molar-refractivity contribution < 1.29 is 14.4 Å². The van der Waals surface area contributed by atoms with Crippen LogP contribution in [-0.4, -0.2) is 44.6 Å². The van der Waals surface area contributed by atoms with Crippen molar-refractivity contribution in [1.29, 1.82) is 0 Å². The highest BCUT2D eigenvalue weighted by molar-refractivity contribution is 8.01. The summed E-state index contributed by atoms with van der Waals surface area (Å²) < 4.78 is 0.787. The van der Waals surface area contributed by atoms with Gasteiger partial charge in [0.15, 0.2) is 4.34 Å². The molecule has 154 valence electrons. The Kier molecular flexibility index (Phi) is 7.02. The Morgan fingerprint density at radius 1 is 1.17 bits per heavy atom. The van der Waals surface area contributed by atoms with Gasteiger partial charge in [-0.15, -0.1) is 10.2 Å². The van der Waals surface area contributed by atoms with E-state index in [9.17, 15) is 14.4 Å². The summed E-state index contributed by atoms with van der Waals surface area (Å²) in [5.74, 6) is -0.541. The number of fused-ring (bicyclic) bond motifs is 1. The fourth-order valence-electron chi connectivity index (χ4n) is 3.12. The average Bonchev–Trinajstić information content (AvgIpc) is 3.26. The molecule has 0 saturated heterocycles. The molecule has 0 spiro atoms. The zero-order valence-electron chi connectivity index (χ0n) is 16.7. The minimum Gasteiger partial charge on any atom is -0.299 e. The van der Waals surface area contributed by atoms with Gasteiger partial charge in [-0.2, -0.15) is 0 Å². The van der Waals surface area contributed by atoms with Gasteiger partial charge in [0.2, 0.25) is 11.0 Å². The van der Waals surface area contributed by atoms with E-state index < -0.39 is 23.8 Å². The lowest BCUT2D eigenvalue weighted by Crippen LogP contribution is -2.50. The highest BCUT2D eigenvalue weighted by Crippen LogP contribution is 2.30. The van der Waals surface area contributed by atoms with Crippen LogP contribution in [0.1, 0.15) is 60.7 Å². The fourth-order valence-corrected chi connectivity index (χ4v) is 5.02. The number of imide groups is 1. The second-order valence-electron chi connectivity index (χ2n) is 6.92. The number of benzene rings is 1. The molecule has 0 radical (unpaired) electrons. The van der Waals surface area contributed by atoms with Crippen LogP contribution < -0.4 is 5.32 Å². The zero-order chi connectivity index (χ0) is 21.0. The number of anilines is 1. The first-order valence-corrected chi connectivity index (χ1v) is 11.5. The van der Waals surface area contributed by atoms with Crippen LogP contribution in [-0.2, 0) is 4.79 Å². The van der Waals surface area contributed by atoms with Gasteiger partial charge in [-0.3, -0.25) is 24.6 Å². The molecule has 1 aliphatic heterocycles. The number of unbranched alkanes of at least 4 members (excludes halogenated alkanes) is 1. The number of amides is 3. The van der Waals surface area contributed by atoms with Gasteiger partial charge in [0.05, 0.1) is 11.1 Å². The van der Waals surface area contributed by atoms with Crippen molar-refractivity contribution in [3.63, 3.8) is 0 Å². The van der Waals surface area contributed by atoms with Crippen molar-refractivity contribution in [3.8, 4) is 0 Å². The van der Waals surface area contributed by atoms with Crippen LogP contribution in [0.4, 0.5) is 5.13 Å². The number of carbonyl (C=O) groups is 3. The molecule has 2 unspecified atom stereocenters. The van der Waals surface area contributed by atoms with Crippen LogP contribution in [0.3, 0.4) is 0 Å². The molecule has 0 bridgehead atoms. The second kappa shape index (κ2) is 9.49. The number of thioether (sulfide) groups is 1. The standard InChI is InChI=1S/C20H24N4O3S2/c1-4-6-11-28-20-23-22-19(29-20)21-16(25)15(12(3)5-2)24-17(26)13-9-7-8-10-14(13)18(24)27/h7-10,12,15H,4-6,11H2,1-3H3,(H,21,22,25). The summed E-state index contributed by atoms with van der Waals surface area (Å²) in [4.78, 5) is 39.9. The largest absolute Gasteiger partial charge is 0.299 e. The van der Waals surface area contributed by atoms with Gasteiger partial charge in [0, 0.05) is 5.75 Å². The summed E-state index contributed by atoms with van der Waals surface area (Å²) in [6.45, 7) is 5.91. The van der Waals surface area contributed by atoms with Crippen LogP contribution in [0.5, 0.6) is 0 Å². The first kappa shape index (κ1) is 21.4. The summed E-state index contributed by atoms with van der Waals surface area (Å²) in [7, 11) is 0. The summed E-state index contributed by atoms with van der Waals surface area (Å²) >= 11 is 2.91. The van der Waals surface area contributed by atoms with Crippen molar-refractivity contribution in [1.82, 2.24) is 15.1 Å². The second-order valence-corrected chi connectivity index (χ2v) is 9.24. The molecule has 9 heteroatoms. The third-order valence-corrected chi connectivity index (χ3v) is 6.97. The van der Waals surface area contributed by atoms with Crippen LogP contribution in [0.25, 0.3) is 0 Å². The maximum absolute atomic E-state index is 13.1. The summed E-state index contributed by atoms with van der Waals surface area (Å²) in [6.07, 6.45) is 2.83. The van der Waals surface area contributed by atoms with E-state index in [-0.39, 0.29) is 5.92 Å². The Bertz CT molecular complexity index is 880. The number of carbonyl (C=O) groups excluding carboxylic acids is 3. The van der Waals surface area contributed by atoms with E-state index in [4.69, 9.17) is 0 Å². The van der Waals surface area contributed by atoms with Gasteiger partial charge >= 0.3 is 0 Å². The highest BCUT2D eigenvalue weighted by atomic mass is 32.2. The molecule has 1 aromatic heterocycles. The Morgan fingerprint density at radius 3 is 2.41 bits per heavy atom. The summed E-state index contributed by atoms with van der Waals surface area (Å²) in [5.41, 5.74) is 0.674. The van der Waals surface area contributed by atoms with E-state index in [0.717, 1.165) is 27.8 Å². The van der Waals surface area contributed by atoms with E-state index in [1.165, 1.54) is 11.3 Å². The van der Waals surface area contributed by atoms with E-state index in [0.29, 0.717) is 22.7 Å². The van der Waals surface area contributed by atoms with E-state index in [1.807, 2.05) is 13.8 Å². The molecule has 0 fully saturated rings.